The quantitative estimate of drug-likeness (QED) is 0.825. The number of hydrogen-bond donors (Lipinski definition) is 2. The number of nitrogens with two attached hydrogens (primary N) is 1. The number of aryl methyl sites for hydroxylation is 1. The van der Waals surface area contributed by atoms with Gasteiger partial charge in [-0.25, -0.2) is 4.79 Å². The number of urea groups is 1. The van der Waals surface area contributed by atoms with E-state index < -0.39 is 6.04 Å². The summed E-state index contributed by atoms with van der Waals surface area (Å²) in [7, 11) is 0. The van der Waals surface area contributed by atoms with Crippen LogP contribution in [-0.4, -0.2) is 54.0 Å². The molecule has 0 aromatic heterocycles. The van der Waals surface area contributed by atoms with Crippen molar-refractivity contribution in [3.63, 3.8) is 0 Å². The van der Waals surface area contributed by atoms with E-state index in [1.807, 2.05) is 61.5 Å². The minimum atomic E-state index is -0.555. The van der Waals surface area contributed by atoms with Crippen LogP contribution in [-0.2, 0) is 11.2 Å². The molecule has 0 unspecified atom stereocenters. The van der Waals surface area contributed by atoms with Crippen LogP contribution in [0.2, 0.25) is 0 Å². The second-order valence-electron chi connectivity index (χ2n) is 6.91. The smallest absolute Gasteiger partial charge is 0.321 e. The third kappa shape index (κ3) is 5.71. The Bertz CT molecular complexity index is 792. The highest BCUT2D eigenvalue weighted by molar-refractivity contribution is 5.89. The van der Waals surface area contributed by atoms with Gasteiger partial charge in [-0.05, 0) is 36.6 Å². The predicted molar refractivity (Wildman–Crippen MR) is 114 cm³/mol. The number of amides is 3. The number of rotatable bonds is 4. The summed E-state index contributed by atoms with van der Waals surface area (Å²) in [4.78, 5) is 28.5. The topological polar surface area (TPSA) is 78.7 Å². The molecule has 6 nitrogen and oxygen atoms in total. The molecule has 1 heterocycles. The number of carbonyl (C=O) groups is 2. The first-order chi connectivity index (χ1) is 13.0. The van der Waals surface area contributed by atoms with E-state index in [4.69, 9.17) is 5.73 Å². The number of anilines is 1. The molecular weight excluding hydrogens is 376 g/mol. The number of halogens is 1. The highest BCUT2D eigenvalue weighted by Crippen LogP contribution is 2.12. The zero-order chi connectivity index (χ0) is 19.2. The summed E-state index contributed by atoms with van der Waals surface area (Å²) in [6.45, 7) is 3.99. The van der Waals surface area contributed by atoms with Crippen molar-refractivity contribution >= 4 is 30.0 Å². The Morgan fingerprint density at radius 1 is 1.00 bits per heavy atom. The SMILES string of the molecule is Cc1cccc(NC(=O)N2CCN(C(=O)[C@@H](N)Cc3ccccc3)CC2)c1.Cl. The first kappa shape index (κ1) is 21.7. The molecule has 3 amide bonds. The van der Waals surface area contributed by atoms with Gasteiger partial charge in [0.05, 0.1) is 6.04 Å². The number of benzene rings is 2. The van der Waals surface area contributed by atoms with Gasteiger partial charge in [-0.3, -0.25) is 4.79 Å². The van der Waals surface area contributed by atoms with Crippen molar-refractivity contribution in [3.8, 4) is 0 Å². The van der Waals surface area contributed by atoms with E-state index in [2.05, 4.69) is 5.32 Å². The zero-order valence-corrected chi connectivity index (χ0v) is 16.8. The van der Waals surface area contributed by atoms with E-state index in [1.54, 1.807) is 9.80 Å². The second kappa shape index (κ2) is 10.1. The first-order valence-electron chi connectivity index (χ1n) is 9.24. The van der Waals surface area contributed by atoms with Gasteiger partial charge in [0.2, 0.25) is 5.91 Å². The van der Waals surface area contributed by atoms with Gasteiger partial charge in [0.25, 0.3) is 0 Å². The van der Waals surface area contributed by atoms with Gasteiger partial charge in [0.1, 0.15) is 0 Å². The predicted octanol–water partition coefficient (Wildman–Crippen LogP) is 2.66. The summed E-state index contributed by atoms with van der Waals surface area (Å²) in [5, 5.41) is 2.91. The Balaban J connectivity index is 0.00000280. The molecule has 2 aromatic rings. The average Bonchev–Trinajstić information content (AvgIpc) is 2.68. The number of carbonyl (C=O) groups excluding carboxylic acids is 2. The lowest BCUT2D eigenvalue weighted by Crippen LogP contribution is -2.55. The molecule has 1 fully saturated rings. The number of hydrogen-bond acceptors (Lipinski definition) is 3. The lowest BCUT2D eigenvalue weighted by molar-refractivity contribution is -0.133. The summed E-state index contributed by atoms with van der Waals surface area (Å²) in [5.74, 6) is -0.0578. The molecule has 1 saturated heterocycles. The number of nitrogens with one attached hydrogen (secondary N) is 1. The molecule has 150 valence electrons. The van der Waals surface area contributed by atoms with Gasteiger partial charge >= 0.3 is 6.03 Å². The molecular formula is C21H27ClN4O2. The summed E-state index contributed by atoms with van der Waals surface area (Å²) in [5.41, 5.74) is 9.03. The largest absolute Gasteiger partial charge is 0.338 e. The van der Waals surface area contributed by atoms with Gasteiger partial charge in [0, 0.05) is 31.9 Å². The van der Waals surface area contributed by atoms with Crippen LogP contribution in [0.3, 0.4) is 0 Å². The van der Waals surface area contributed by atoms with Crippen LogP contribution in [0, 0.1) is 6.92 Å². The van der Waals surface area contributed by atoms with E-state index in [0.717, 1.165) is 16.8 Å². The summed E-state index contributed by atoms with van der Waals surface area (Å²) >= 11 is 0. The summed E-state index contributed by atoms with van der Waals surface area (Å²) in [6, 6.07) is 16.8. The fraction of sp³-hybridized carbons (Fsp3) is 0.333. The standard InChI is InChI=1S/C21H26N4O2.ClH/c1-16-6-5-9-18(14-16)23-21(27)25-12-10-24(11-13-25)20(26)19(22)15-17-7-3-2-4-8-17;/h2-9,14,19H,10-13,15,22H2,1H3,(H,23,27);1H/t19-;/m0./s1. The highest BCUT2D eigenvalue weighted by atomic mass is 35.5. The zero-order valence-electron chi connectivity index (χ0n) is 16.0. The molecule has 0 saturated carbocycles. The normalized spacial score (nSPS) is 14.8. The monoisotopic (exact) mass is 402 g/mol. The first-order valence-corrected chi connectivity index (χ1v) is 9.24. The molecule has 0 aliphatic carbocycles. The van der Waals surface area contributed by atoms with Crippen LogP contribution in [0.5, 0.6) is 0 Å². The van der Waals surface area contributed by atoms with E-state index in [-0.39, 0.29) is 24.3 Å². The third-order valence-electron chi connectivity index (χ3n) is 4.76. The minimum Gasteiger partial charge on any atom is -0.338 e. The molecule has 0 spiro atoms. The maximum atomic E-state index is 12.6. The van der Waals surface area contributed by atoms with E-state index in [1.165, 1.54) is 0 Å². The molecule has 2 aromatic carbocycles. The molecule has 7 heteroatoms. The van der Waals surface area contributed by atoms with Crippen molar-refractivity contribution < 1.29 is 9.59 Å². The van der Waals surface area contributed by atoms with Gasteiger partial charge in [-0.15, -0.1) is 12.4 Å². The van der Waals surface area contributed by atoms with Crippen molar-refractivity contribution in [1.29, 1.82) is 0 Å². The molecule has 1 aliphatic heterocycles. The Morgan fingerprint density at radius 3 is 2.29 bits per heavy atom. The van der Waals surface area contributed by atoms with Crippen LogP contribution in [0.25, 0.3) is 0 Å². The lowest BCUT2D eigenvalue weighted by atomic mass is 10.1. The van der Waals surface area contributed by atoms with Crippen molar-refractivity contribution in [2.45, 2.75) is 19.4 Å². The Morgan fingerprint density at radius 2 is 1.64 bits per heavy atom. The van der Waals surface area contributed by atoms with Gasteiger partial charge in [-0.1, -0.05) is 42.5 Å². The van der Waals surface area contributed by atoms with Crippen LogP contribution in [0.1, 0.15) is 11.1 Å². The Hall–Kier alpha value is -2.57. The lowest BCUT2D eigenvalue weighted by Gasteiger charge is -2.35. The molecule has 1 aliphatic rings. The molecule has 3 N–H and O–H groups in total. The van der Waals surface area contributed by atoms with Crippen molar-refractivity contribution in [2.75, 3.05) is 31.5 Å². The molecule has 0 bridgehead atoms. The minimum absolute atomic E-state index is 0. The number of piperazine rings is 1. The number of nitrogens with zero attached hydrogens (tertiary/aromatic N) is 2. The van der Waals surface area contributed by atoms with Crippen molar-refractivity contribution in [3.05, 3.63) is 65.7 Å². The third-order valence-corrected chi connectivity index (χ3v) is 4.76. The van der Waals surface area contributed by atoms with Crippen LogP contribution in [0.15, 0.2) is 54.6 Å². The fourth-order valence-electron chi connectivity index (χ4n) is 3.25. The van der Waals surface area contributed by atoms with E-state index >= 15 is 0 Å². The van der Waals surface area contributed by atoms with E-state index in [0.29, 0.717) is 32.6 Å². The Kier molecular flexibility index (Phi) is 7.84. The second-order valence-corrected chi connectivity index (χ2v) is 6.91. The average molecular weight is 403 g/mol. The fourth-order valence-corrected chi connectivity index (χ4v) is 3.25. The summed E-state index contributed by atoms with van der Waals surface area (Å²) in [6.07, 6.45) is 0.522. The molecule has 3 rings (SSSR count). The van der Waals surface area contributed by atoms with Crippen molar-refractivity contribution in [1.82, 2.24) is 9.80 Å². The molecule has 1 atom stereocenters. The van der Waals surface area contributed by atoms with E-state index in [9.17, 15) is 9.59 Å². The Labute approximate surface area is 172 Å². The van der Waals surface area contributed by atoms with Gasteiger partial charge < -0.3 is 20.9 Å². The molecule has 0 radical (unpaired) electrons. The van der Waals surface area contributed by atoms with Gasteiger partial charge in [-0.2, -0.15) is 0 Å². The van der Waals surface area contributed by atoms with Crippen LogP contribution in [0.4, 0.5) is 10.5 Å². The maximum Gasteiger partial charge on any atom is 0.321 e. The van der Waals surface area contributed by atoms with Gasteiger partial charge in [0.15, 0.2) is 0 Å². The maximum absolute atomic E-state index is 12.6. The van der Waals surface area contributed by atoms with Crippen LogP contribution < -0.4 is 11.1 Å². The summed E-state index contributed by atoms with van der Waals surface area (Å²) < 4.78 is 0. The van der Waals surface area contributed by atoms with Crippen LogP contribution >= 0.6 is 12.4 Å². The highest BCUT2D eigenvalue weighted by Gasteiger charge is 2.27. The van der Waals surface area contributed by atoms with Crippen molar-refractivity contribution in [2.24, 2.45) is 5.73 Å². The molecule has 28 heavy (non-hydrogen) atoms.